The number of nitrogens with zero attached hydrogens (tertiary/aromatic N) is 4. The summed E-state index contributed by atoms with van der Waals surface area (Å²) >= 11 is 0. The minimum Gasteiger partial charge on any atom is -0.476 e. The molecule has 0 bridgehead atoms. The second-order valence-corrected chi connectivity index (χ2v) is 4.71. The number of hydrogen-bond donors (Lipinski definition) is 1. The van der Waals surface area contributed by atoms with Crippen molar-refractivity contribution in [3.8, 4) is 5.82 Å². The third-order valence-corrected chi connectivity index (χ3v) is 3.37. The van der Waals surface area contributed by atoms with Gasteiger partial charge in [0.1, 0.15) is 6.33 Å². The van der Waals surface area contributed by atoms with E-state index < -0.39 is 5.97 Å². The van der Waals surface area contributed by atoms with E-state index in [1.807, 2.05) is 6.07 Å². The van der Waals surface area contributed by atoms with Gasteiger partial charge in [0.25, 0.3) is 0 Å². The minimum atomic E-state index is -1.04. The molecule has 0 atom stereocenters. The van der Waals surface area contributed by atoms with E-state index in [9.17, 15) is 4.79 Å². The van der Waals surface area contributed by atoms with Crippen molar-refractivity contribution in [3.63, 3.8) is 0 Å². The maximum Gasteiger partial charge on any atom is 0.356 e. The van der Waals surface area contributed by atoms with Gasteiger partial charge in [0, 0.05) is 6.20 Å². The molecule has 6 heteroatoms. The first-order valence-corrected chi connectivity index (χ1v) is 6.37. The molecular formula is C13H14N4O2. The maximum absolute atomic E-state index is 10.8. The molecule has 1 N–H and O–H groups in total. The molecule has 0 saturated heterocycles. The quantitative estimate of drug-likeness (QED) is 0.828. The van der Waals surface area contributed by atoms with Crippen molar-refractivity contribution in [2.75, 3.05) is 0 Å². The molecule has 0 spiro atoms. The Bertz CT molecular complexity index is 621. The highest BCUT2D eigenvalue weighted by atomic mass is 16.4. The van der Waals surface area contributed by atoms with Crippen LogP contribution in [-0.4, -0.2) is 30.8 Å². The number of imidazole rings is 1. The van der Waals surface area contributed by atoms with Gasteiger partial charge in [0.05, 0.1) is 5.69 Å². The van der Waals surface area contributed by atoms with Crippen LogP contribution in [0.15, 0.2) is 18.6 Å². The van der Waals surface area contributed by atoms with E-state index >= 15 is 0 Å². The Morgan fingerprint density at radius 2 is 2.05 bits per heavy atom. The van der Waals surface area contributed by atoms with Crippen molar-refractivity contribution in [2.45, 2.75) is 32.1 Å². The first kappa shape index (κ1) is 11.8. The largest absolute Gasteiger partial charge is 0.476 e. The molecule has 3 rings (SSSR count). The van der Waals surface area contributed by atoms with Crippen molar-refractivity contribution < 1.29 is 9.90 Å². The van der Waals surface area contributed by atoms with Crippen molar-refractivity contribution >= 4 is 5.97 Å². The van der Waals surface area contributed by atoms with E-state index in [1.165, 1.54) is 30.9 Å². The Balaban J connectivity index is 1.96. The molecule has 2 aromatic heterocycles. The van der Waals surface area contributed by atoms with Crippen LogP contribution in [0.3, 0.4) is 0 Å². The van der Waals surface area contributed by atoms with Crippen molar-refractivity contribution in [1.29, 1.82) is 0 Å². The summed E-state index contributed by atoms with van der Waals surface area (Å²) in [5.74, 6) is -0.415. The van der Waals surface area contributed by atoms with Gasteiger partial charge in [-0.25, -0.2) is 9.78 Å². The average molecular weight is 258 g/mol. The molecule has 1 aliphatic rings. The lowest BCUT2D eigenvalue weighted by Crippen LogP contribution is -2.04. The second-order valence-electron chi connectivity index (χ2n) is 4.71. The zero-order valence-corrected chi connectivity index (χ0v) is 10.4. The fourth-order valence-electron chi connectivity index (χ4n) is 2.34. The van der Waals surface area contributed by atoms with Crippen LogP contribution in [-0.2, 0) is 12.8 Å². The number of aromatic carboxylic acids is 1. The fourth-order valence-corrected chi connectivity index (χ4v) is 2.34. The molecule has 98 valence electrons. The lowest BCUT2D eigenvalue weighted by atomic mass is 10.1. The summed E-state index contributed by atoms with van der Waals surface area (Å²) in [6.07, 6.45) is 8.45. The minimum absolute atomic E-state index is 0.0109. The molecule has 0 saturated carbocycles. The number of aromatic nitrogens is 4. The van der Waals surface area contributed by atoms with Crippen molar-refractivity contribution in [1.82, 2.24) is 19.7 Å². The van der Waals surface area contributed by atoms with Gasteiger partial charge in [0.15, 0.2) is 11.5 Å². The lowest BCUT2D eigenvalue weighted by Gasteiger charge is -2.06. The highest BCUT2D eigenvalue weighted by molar-refractivity contribution is 5.85. The molecule has 0 radical (unpaired) electrons. The fraction of sp³-hybridized carbons (Fsp3) is 0.385. The van der Waals surface area contributed by atoms with E-state index in [2.05, 4.69) is 15.2 Å². The first-order chi connectivity index (χ1) is 9.24. The number of fused-ring (bicyclic) bond motifs is 1. The summed E-state index contributed by atoms with van der Waals surface area (Å²) in [6, 6.07) is 1.99. The topological polar surface area (TPSA) is 80.9 Å². The lowest BCUT2D eigenvalue weighted by molar-refractivity contribution is 0.0691. The van der Waals surface area contributed by atoms with Crippen LogP contribution in [0.4, 0.5) is 0 Å². The predicted molar refractivity (Wildman–Crippen MR) is 67.4 cm³/mol. The van der Waals surface area contributed by atoms with Gasteiger partial charge < -0.3 is 5.11 Å². The van der Waals surface area contributed by atoms with E-state index in [-0.39, 0.29) is 5.69 Å². The number of rotatable bonds is 2. The third-order valence-electron chi connectivity index (χ3n) is 3.37. The number of carboxylic acid groups (broad SMARTS) is 1. The second kappa shape index (κ2) is 4.79. The van der Waals surface area contributed by atoms with Crippen LogP contribution < -0.4 is 0 Å². The zero-order chi connectivity index (χ0) is 13.2. The van der Waals surface area contributed by atoms with Gasteiger partial charge in [-0.3, -0.25) is 4.57 Å². The van der Waals surface area contributed by atoms with Crippen LogP contribution in [0.1, 0.15) is 41.0 Å². The molecule has 6 nitrogen and oxygen atoms in total. The average Bonchev–Trinajstić information content (AvgIpc) is 2.78. The first-order valence-electron chi connectivity index (χ1n) is 6.37. The van der Waals surface area contributed by atoms with Crippen molar-refractivity contribution in [2.24, 2.45) is 0 Å². The molecule has 0 unspecified atom stereocenters. The van der Waals surface area contributed by atoms with Gasteiger partial charge in [-0.1, -0.05) is 6.42 Å². The highest BCUT2D eigenvalue weighted by Crippen LogP contribution is 2.19. The van der Waals surface area contributed by atoms with E-state index in [0.29, 0.717) is 5.82 Å². The Kier molecular flexibility index (Phi) is 2.98. The SMILES string of the molecule is O=C(O)c1cn(-c2cc3c(nn2)CCCCC3)cn1. The van der Waals surface area contributed by atoms with E-state index in [1.54, 1.807) is 4.57 Å². The Labute approximate surface area is 110 Å². The van der Waals surface area contributed by atoms with Crippen LogP contribution in [0.2, 0.25) is 0 Å². The van der Waals surface area contributed by atoms with Crippen LogP contribution >= 0.6 is 0 Å². The molecule has 2 aromatic rings. The zero-order valence-electron chi connectivity index (χ0n) is 10.4. The Morgan fingerprint density at radius 1 is 1.21 bits per heavy atom. The van der Waals surface area contributed by atoms with Crippen LogP contribution in [0.25, 0.3) is 5.82 Å². The standard InChI is InChI=1S/C13H14N4O2/c18-13(19)11-7-17(8-14-11)12-6-9-4-2-1-3-5-10(9)15-16-12/h6-8H,1-5H2,(H,18,19). The Morgan fingerprint density at radius 3 is 2.84 bits per heavy atom. The molecule has 0 amide bonds. The van der Waals surface area contributed by atoms with Gasteiger partial charge in [-0.05, 0) is 37.3 Å². The number of carboxylic acids is 1. The molecular weight excluding hydrogens is 244 g/mol. The van der Waals surface area contributed by atoms with Gasteiger partial charge in [-0.15, -0.1) is 5.10 Å². The predicted octanol–water partition coefficient (Wildman–Crippen LogP) is 1.63. The summed E-state index contributed by atoms with van der Waals surface area (Å²) in [4.78, 5) is 14.6. The summed E-state index contributed by atoms with van der Waals surface area (Å²) in [6.45, 7) is 0. The highest BCUT2D eigenvalue weighted by Gasteiger charge is 2.13. The monoisotopic (exact) mass is 258 g/mol. The van der Waals surface area contributed by atoms with Crippen LogP contribution in [0.5, 0.6) is 0 Å². The third kappa shape index (κ3) is 2.33. The molecule has 2 heterocycles. The van der Waals surface area contributed by atoms with Gasteiger partial charge in [0.2, 0.25) is 0 Å². The van der Waals surface area contributed by atoms with Crippen LogP contribution in [0, 0.1) is 0 Å². The maximum atomic E-state index is 10.8. The van der Waals surface area contributed by atoms with Crippen molar-refractivity contribution in [3.05, 3.63) is 35.5 Å². The molecule has 0 aromatic carbocycles. The van der Waals surface area contributed by atoms with E-state index in [4.69, 9.17) is 5.11 Å². The normalized spacial score (nSPS) is 14.7. The summed E-state index contributed by atoms with van der Waals surface area (Å²) in [5.41, 5.74) is 2.30. The smallest absolute Gasteiger partial charge is 0.356 e. The van der Waals surface area contributed by atoms with E-state index in [0.717, 1.165) is 25.0 Å². The number of carbonyl (C=O) groups is 1. The molecule has 0 fully saturated rings. The molecule has 1 aliphatic carbocycles. The Hall–Kier alpha value is -2.24. The van der Waals surface area contributed by atoms with Gasteiger partial charge >= 0.3 is 5.97 Å². The number of aryl methyl sites for hydroxylation is 2. The molecule has 19 heavy (non-hydrogen) atoms. The molecule has 0 aliphatic heterocycles. The summed E-state index contributed by atoms with van der Waals surface area (Å²) in [5, 5.41) is 17.3. The summed E-state index contributed by atoms with van der Waals surface area (Å²) in [7, 11) is 0. The number of hydrogen-bond acceptors (Lipinski definition) is 4. The van der Waals surface area contributed by atoms with Gasteiger partial charge in [-0.2, -0.15) is 5.10 Å². The summed E-state index contributed by atoms with van der Waals surface area (Å²) < 4.78 is 1.60.